The number of allylic oxidation sites excluding steroid dienone is 1. The molecule has 0 spiro atoms. The summed E-state index contributed by atoms with van der Waals surface area (Å²) in [5.41, 5.74) is -0.765. The summed E-state index contributed by atoms with van der Waals surface area (Å²) in [6, 6.07) is 0. The number of aliphatic hydroxyl groups excluding tert-OH is 2. The molecule has 0 aromatic carbocycles. The first-order valence-corrected chi connectivity index (χ1v) is 11.1. The van der Waals surface area contributed by atoms with Crippen LogP contribution in [0.3, 0.4) is 0 Å². The highest BCUT2D eigenvalue weighted by Gasteiger charge is 2.24. The molecule has 0 aliphatic heterocycles. The first kappa shape index (κ1) is 26.1. The van der Waals surface area contributed by atoms with Gasteiger partial charge in [0.15, 0.2) is 0 Å². The number of aliphatic hydroxyl groups is 2. The van der Waals surface area contributed by atoms with Crippen molar-refractivity contribution in [1.29, 1.82) is 0 Å². The van der Waals surface area contributed by atoms with Crippen LogP contribution in [-0.2, 0) is 9.53 Å². The average molecular weight is 385 g/mol. The van der Waals surface area contributed by atoms with E-state index in [1.165, 1.54) is 83.1 Å². The largest absolute Gasteiger partial charge is 0.462 e. The number of carbonyl (C=O) groups is 1. The fourth-order valence-corrected chi connectivity index (χ4v) is 2.89. The highest BCUT2D eigenvalue weighted by molar-refractivity contribution is 5.81. The third kappa shape index (κ3) is 17.0. The molecule has 27 heavy (non-hydrogen) atoms. The van der Waals surface area contributed by atoms with Gasteiger partial charge in [-0.3, -0.25) is 0 Å². The Labute approximate surface area is 167 Å². The van der Waals surface area contributed by atoms with Crippen molar-refractivity contribution >= 4 is 5.97 Å². The second-order valence-electron chi connectivity index (χ2n) is 8.17. The van der Waals surface area contributed by atoms with Gasteiger partial charge in [0.05, 0.1) is 13.2 Å². The third-order valence-electron chi connectivity index (χ3n) is 5.05. The SMILES string of the molecule is CCCCCCCCCCCCCCC/C=C/C(=O)OCC(C)(CO)CO. The normalized spacial score (nSPS) is 12.0. The highest BCUT2D eigenvalue weighted by Crippen LogP contribution is 2.15. The molecular formula is C23H44O4. The highest BCUT2D eigenvalue weighted by atomic mass is 16.5. The van der Waals surface area contributed by atoms with Crippen LogP contribution >= 0.6 is 0 Å². The van der Waals surface area contributed by atoms with Gasteiger partial charge in [-0.15, -0.1) is 0 Å². The smallest absolute Gasteiger partial charge is 0.330 e. The molecule has 0 aromatic heterocycles. The van der Waals surface area contributed by atoms with Crippen LogP contribution in [0.25, 0.3) is 0 Å². The van der Waals surface area contributed by atoms with Crippen LogP contribution in [0.4, 0.5) is 0 Å². The topological polar surface area (TPSA) is 66.8 Å². The fourth-order valence-electron chi connectivity index (χ4n) is 2.89. The molecule has 0 heterocycles. The van der Waals surface area contributed by atoms with Crippen molar-refractivity contribution in [3.05, 3.63) is 12.2 Å². The first-order valence-electron chi connectivity index (χ1n) is 11.1. The Hall–Kier alpha value is -0.870. The molecule has 2 N–H and O–H groups in total. The summed E-state index contributed by atoms with van der Waals surface area (Å²) in [5, 5.41) is 18.3. The number of hydrogen-bond acceptors (Lipinski definition) is 4. The van der Waals surface area contributed by atoms with E-state index in [1.54, 1.807) is 6.92 Å². The number of rotatable bonds is 19. The zero-order valence-corrected chi connectivity index (χ0v) is 17.9. The van der Waals surface area contributed by atoms with Gasteiger partial charge in [-0.05, 0) is 12.8 Å². The van der Waals surface area contributed by atoms with E-state index in [4.69, 9.17) is 14.9 Å². The second-order valence-corrected chi connectivity index (χ2v) is 8.17. The predicted molar refractivity (Wildman–Crippen MR) is 113 cm³/mol. The van der Waals surface area contributed by atoms with Crippen molar-refractivity contribution < 1.29 is 19.7 Å². The molecule has 0 unspecified atom stereocenters. The monoisotopic (exact) mass is 384 g/mol. The molecule has 0 bridgehead atoms. The number of unbranched alkanes of at least 4 members (excludes halogenated alkanes) is 13. The van der Waals surface area contributed by atoms with E-state index in [9.17, 15) is 4.79 Å². The Balaban J connectivity index is 3.38. The van der Waals surface area contributed by atoms with Gasteiger partial charge in [-0.2, -0.15) is 0 Å². The van der Waals surface area contributed by atoms with Gasteiger partial charge in [0.2, 0.25) is 0 Å². The summed E-state index contributed by atoms with van der Waals surface area (Å²) in [4.78, 5) is 11.6. The molecule has 0 amide bonds. The van der Waals surface area contributed by atoms with E-state index < -0.39 is 11.4 Å². The van der Waals surface area contributed by atoms with Crippen LogP contribution in [-0.4, -0.2) is 36.0 Å². The van der Waals surface area contributed by atoms with Crippen molar-refractivity contribution in [1.82, 2.24) is 0 Å². The molecule has 0 rings (SSSR count). The van der Waals surface area contributed by atoms with Gasteiger partial charge in [-0.25, -0.2) is 4.79 Å². The van der Waals surface area contributed by atoms with Gasteiger partial charge in [0, 0.05) is 11.5 Å². The zero-order chi connectivity index (χ0) is 20.2. The third-order valence-corrected chi connectivity index (χ3v) is 5.05. The lowest BCUT2D eigenvalue weighted by atomic mass is 9.95. The number of esters is 1. The van der Waals surface area contributed by atoms with Crippen molar-refractivity contribution in [3.63, 3.8) is 0 Å². The van der Waals surface area contributed by atoms with Crippen molar-refractivity contribution in [2.75, 3.05) is 19.8 Å². The minimum atomic E-state index is -0.765. The molecule has 0 aliphatic rings. The van der Waals surface area contributed by atoms with Gasteiger partial charge in [0.1, 0.15) is 6.61 Å². The van der Waals surface area contributed by atoms with Crippen LogP contribution < -0.4 is 0 Å². The lowest BCUT2D eigenvalue weighted by Gasteiger charge is -2.23. The van der Waals surface area contributed by atoms with Gasteiger partial charge >= 0.3 is 5.97 Å². The molecule has 0 aromatic rings. The predicted octanol–water partition coefficient (Wildman–Crippen LogP) is 5.56. The Bertz CT molecular complexity index is 361. The molecule has 4 heteroatoms. The maximum atomic E-state index is 11.6. The summed E-state index contributed by atoms with van der Waals surface area (Å²) in [6.45, 7) is 3.55. The zero-order valence-electron chi connectivity index (χ0n) is 17.9. The van der Waals surface area contributed by atoms with E-state index in [1.807, 2.05) is 6.08 Å². The van der Waals surface area contributed by atoms with E-state index in [-0.39, 0.29) is 19.8 Å². The molecule has 0 saturated heterocycles. The number of hydrogen-bond donors (Lipinski definition) is 2. The van der Waals surface area contributed by atoms with E-state index >= 15 is 0 Å². The Morgan fingerprint density at radius 1 is 0.815 bits per heavy atom. The maximum Gasteiger partial charge on any atom is 0.330 e. The average Bonchev–Trinajstić information content (AvgIpc) is 2.69. The molecule has 4 nitrogen and oxygen atoms in total. The van der Waals surface area contributed by atoms with Crippen LogP contribution in [0, 0.1) is 5.41 Å². The molecule has 0 aliphatic carbocycles. The van der Waals surface area contributed by atoms with E-state index in [0.29, 0.717) is 0 Å². The van der Waals surface area contributed by atoms with E-state index in [2.05, 4.69) is 6.92 Å². The molecule has 0 radical (unpaired) electrons. The van der Waals surface area contributed by atoms with Crippen LogP contribution in [0.1, 0.15) is 104 Å². The lowest BCUT2D eigenvalue weighted by Crippen LogP contribution is -2.32. The van der Waals surface area contributed by atoms with Crippen molar-refractivity contribution in [2.24, 2.45) is 5.41 Å². The van der Waals surface area contributed by atoms with E-state index in [0.717, 1.165) is 12.8 Å². The van der Waals surface area contributed by atoms with Crippen LogP contribution in [0.5, 0.6) is 0 Å². The minimum absolute atomic E-state index is 0.0297. The lowest BCUT2D eigenvalue weighted by molar-refractivity contribution is -0.143. The summed E-state index contributed by atoms with van der Waals surface area (Å²) in [6.07, 6.45) is 21.6. The minimum Gasteiger partial charge on any atom is -0.462 e. The van der Waals surface area contributed by atoms with Crippen LogP contribution in [0.15, 0.2) is 12.2 Å². The Kier molecular flexibility index (Phi) is 17.9. The molecule has 160 valence electrons. The maximum absolute atomic E-state index is 11.6. The van der Waals surface area contributed by atoms with Crippen molar-refractivity contribution in [2.45, 2.75) is 104 Å². The quantitative estimate of drug-likeness (QED) is 0.174. The van der Waals surface area contributed by atoms with Gasteiger partial charge in [-0.1, -0.05) is 97.0 Å². The molecular weight excluding hydrogens is 340 g/mol. The summed E-state index contributed by atoms with van der Waals surface area (Å²) < 4.78 is 5.06. The van der Waals surface area contributed by atoms with Crippen molar-refractivity contribution in [3.8, 4) is 0 Å². The molecule has 0 saturated carbocycles. The fraction of sp³-hybridized carbons (Fsp3) is 0.870. The van der Waals surface area contributed by atoms with Gasteiger partial charge in [0.25, 0.3) is 0 Å². The van der Waals surface area contributed by atoms with Gasteiger partial charge < -0.3 is 14.9 Å². The first-order chi connectivity index (χ1) is 13.1. The molecule has 0 atom stereocenters. The summed E-state index contributed by atoms with van der Waals surface area (Å²) in [7, 11) is 0. The summed E-state index contributed by atoms with van der Waals surface area (Å²) >= 11 is 0. The standard InChI is InChI=1S/C23H44O4/c1-3-4-5-6-7-8-9-10-11-12-13-14-15-16-17-18-22(26)27-21-23(2,19-24)20-25/h17-18,24-25H,3-16,19-21H2,1-2H3/b18-17+. The number of ether oxygens (including phenoxy) is 1. The number of carbonyl (C=O) groups excluding carboxylic acids is 1. The molecule has 0 fully saturated rings. The van der Waals surface area contributed by atoms with Crippen LogP contribution in [0.2, 0.25) is 0 Å². The second kappa shape index (κ2) is 18.5. The Morgan fingerprint density at radius 2 is 1.26 bits per heavy atom. The Morgan fingerprint density at radius 3 is 1.70 bits per heavy atom. The summed E-state index contributed by atoms with van der Waals surface area (Å²) in [5.74, 6) is -0.405.